The number of carbonyl (C=O) groups is 1. The fourth-order valence-corrected chi connectivity index (χ4v) is 2.66. The summed E-state index contributed by atoms with van der Waals surface area (Å²) in [5.41, 5.74) is 1.35. The summed E-state index contributed by atoms with van der Waals surface area (Å²) in [6, 6.07) is 0. The molecule has 1 fully saturated rings. The number of aryl methyl sites for hydroxylation is 2. The number of anilines is 1. The first-order valence-electron chi connectivity index (χ1n) is 6.80. The molecule has 108 valence electrons. The molecule has 2 aliphatic heterocycles. The third-order valence-electron chi connectivity index (χ3n) is 3.81. The molecule has 0 radical (unpaired) electrons. The van der Waals surface area contributed by atoms with Crippen LogP contribution in [0.1, 0.15) is 30.7 Å². The molecule has 7 nitrogen and oxygen atoms in total. The first-order chi connectivity index (χ1) is 9.60. The maximum Gasteiger partial charge on any atom is 0.273 e. The van der Waals surface area contributed by atoms with Gasteiger partial charge in [-0.2, -0.15) is 0 Å². The fourth-order valence-electron chi connectivity index (χ4n) is 2.66. The molecule has 0 aliphatic carbocycles. The Morgan fingerprint density at radius 3 is 2.95 bits per heavy atom. The van der Waals surface area contributed by atoms with Crippen LogP contribution in [-0.2, 0) is 9.63 Å². The summed E-state index contributed by atoms with van der Waals surface area (Å²) in [6.45, 7) is 5.27. The van der Waals surface area contributed by atoms with E-state index >= 15 is 0 Å². The third kappa shape index (κ3) is 2.29. The van der Waals surface area contributed by atoms with Gasteiger partial charge in [0.05, 0.1) is 0 Å². The lowest BCUT2D eigenvalue weighted by Gasteiger charge is -2.30. The van der Waals surface area contributed by atoms with Gasteiger partial charge in [-0.15, -0.1) is 0 Å². The van der Waals surface area contributed by atoms with E-state index in [9.17, 15) is 4.79 Å². The predicted molar refractivity (Wildman–Crippen MR) is 72.6 cm³/mol. The number of nitrogens with one attached hydrogen (secondary N) is 2. The molecule has 7 heteroatoms. The summed E-state index contributed by atoms with van der Waals surface area (Å²) < 4.78 is 5.02. The van der Waals surface area contributed by atoms with Gasteiger partial charge in [-0.3, -0.25) is 4.79 Å². The van der Waals surface area contributed by atoms with Crippen LogP contribution in [-0.4, -0.2) is 35.5 Å². The molecule has 0 saturated carbocycles. The van der Waals surface area contributed by atoms with Crippen molar-refractivity contribution in [2.24, 2.45) is 5.16 Å². The Balaban J connectivity index is 1.67. The second-order valence-corrected chi connectivity index (χ2v) is 5.42. The monoisotopic (exact) mass is 278 g/mol. The number of aromatic nitrogens is 1. The highest BCUT2D eigenvalue weighted by atomic mass is 16.7. The molecule has 1 atom stereocenters. The topological polar surface area (TPSA) is 88.8 Å². The molecule has 2 aliphatic rings. The average Bonchev–Trinajstić information content (AvgIpc) is 2.98. The number of amides is 1. The van der Waals surface area contributed by atoms with Crippen LogP contribution in [0.2, 0.25) is 0 Å². The highest BCUT2D eigenvalue weighted by molar-refractivity contribution is 6.43. The molecule has 0 unspecified atom stereocenters. The van der Waals surface area contributed by atoms with Gasteiger partial charge in [0.1, 0.15) is 17.1 Å². The van der Waals surface area contributed by atoms with Crippen molar-refractivity contribution in [2.45, 2.75) is 38.7 Å². The summed E-state index contributed by atoms with van der Waals surface area (Å²) in [7, 11) is 0. The minimum absolute atomic E-state index is 0.248. The zero-order valence-electron chi connectivity index (χ0n) is 11.7. The van der Waals surface area contributed by atoms with Gasteiger partial charge in [-0.1, -0.05) is 10.3 Å². The Labute approximate surface area is 116 Å². The first kappa shape index (κ1) is 13.1. The van der Waals surface area contributed by atoms with Gasteiger partial charge in [0.15, 0.2) is 11.4 Å². The van der Waals surface area contributed by atoms with Crippen LogP contribution in [0.5, 0.6) is 0 Å². The zero-order valence-corrected chi connectivity index (χ0v) is 11.7. The second kappa shape index (κ2) is 4.90. The quantitative estimate of drug-likeness (QED) is 0.846. The number of hydrogen-bond donors (Lipinski definition) is 2. The van der Waals surface area contributed by atoms with E-state index < -0.39 is 0 Å². The van der Waals surface area contributed by atoms with Gasteiger partial charge < -0.3 is 20.0 Å². The maximum absolute atomic E-state index is 12.2. The number of oxime groups is 1. The molecule has 1 aromatic rings. The number of carbonyl (C=O) groups excluding carboxylic acids is 1. The largest absolute Gasteiger partial charge is 0.387 e. The molecule has 20 heavy (non-hydrogen) atoms. The van der Waals surface area contributed by atoms with Crippen LogP contribution in [0.25, 0.3) is 0 Å². The van der Waals surface area contributed by atoms with Gasteiger partial charge in [0.2, 0.25) is 0 Å². The van der Waals surface area contributed by atoms with Crippen LogP contribution in [0, 0.1) is 13.8 Å². The van der Waals surface area contributed by atoms with Crippen LogP contribution in [0.4, 0.5) is 5.69 Å². The number of nitrogens with zero attached hydrogens (tertiary/aromatic N) is 2. The van der Waals surface area contributed by atoms with E-state index in [0.29, 0.717) is 29.3 Å². The minimum Gasteiger partial charge on any atom is -0.387 e. The van der Waals surface area contributed by atoms with E-state index in [1.807, 2.05) is 0 Å². The minimum atomic E-state index is -0.344. The Bertz CT molecular complexity index is 538. The van der Waals surface area contributed by atoms with E-state index in [-0.39, 0.29) is 11.5 Å². The van der Waals surface area contributed by atoms with Crippen molar-refractivity contribution in [1.29, 1.82) is 0 Å². The summed E-state index contributed by atoms with van der Waals surface area (Å²) in [4.78, 5) is 17.8. The van der Waals surface area contributed by atoms with Gasteiger partial charge in [-0.25, -0.2) is 0 Å². The molecule has 3 rings (SSSR count). The number of piperidine rings is 1. The van der Waals surface area contributed by atoms with Crippen LogP contribution < -0.4 is 10.6 Å². The normalized spacial score (nSPS) is 25.4. The lowest BCUT2D eigenvalue weighted by atomic mass is 9.89. The average molecular weight is 278 g/mol. The molecule has 0 aromatic carbocycles. The Kier molecular flexibility index (Phi) is 3.21. The van der Waals surface area contributed by atoms with Crippen molar-refractivity contribution >= 4 is 17.3 Å². The molecule has 1 saturated heterocycles. The molecular formula is C13H18N4O3. The Hall–Kier alpha value is -1.89. The number of hydrogen-bond acceptors (Lipinski definition) is 6. The number of rotatable bonds is 2. The van der Waals surface area contributed by atoms with Gasteiger partial charge in [0.25, 0.3) is 5.91 Å². The first-order valence-corrected chi connectivity index (χ1v) is 6.80. The van der Waals surface area contributed by atoms with E-state index in [4.69, 9.17) is 9.36 Å². The van der Waals surface area contributed by atoms with Crippen molar-refractivity contribution in [2.75, 3.05) is 18.4 Å². The lowest BCUT2D eigenvalue weighted by molar-refractivity contribution is -0.110. The molecule has 2 N–H and O–H groups in total. The van der Waals surface area contributed by atoms with Gasteiger partial charge >= 0.3 is 0 Å². The highest BCUT2D eigenvalue weighted by Crippen LogP contribution is 2.31. The Morgan fingerprint density at radius 1 is 1.45 bits per heavy atom. The van der Waals surface area contributed by atoms with Crippen LogP contribution in [0.3, 0.4) is 0 Å². The van der Waals surface area contributed by atoms with Crippen molar-refractivity contribution in [1.82, 2.24) is 10.5 Å². The standard InChI is InChI=1S/C13H18N4O3/c1-8-11(9(2)19-16-8)15-12(18)10-6-13(20-17-10)4-3-5-14-7-13/h14H,3-7H2,1-2H3,(H,15,18)/t13-/m1/s1. The van der Waals surface area contributed by atoms with Crippen molar-refractivity contribution in [3.8, 4) is 0 Å². The SMILES string of the molecule is Cc1noc(C)c1NC(=O)C1=NO[C@]2(CCCNC2)C1. The second-order valence-electron chi connectivity index (χ2n) is 5.42. The molecule has 1 amide bonds. The van der Waals surface area contributed by atoms with E-state index in [2.05, 4.69) is 20.9 Å². The van der Waals surface area contributed by atoms with Gasteiger partial charge in [-0.05, 0) is 33.2 Å². The fraction of sp³-hybridized carbons (Fsp3) is 0.615. The smallest absolute Gasteiger partial charge is 0.273 e. The van der Waals surface area contributed by atoms with Gasteiger partial charge in [0, 0.05) is 13.0 Å². The van der Waals surface area contributed by atoms with E-state index in [0.717, 1.165) is 25.9 Å². The van der Waals surface area contributed by atoms with Crippen LogP contribution in [0.15, 0.2) is 9.68 Å². The van der Waals surface area contributed by atoms with Crippen molar-refractivity contribution in [3.05, 3.63) is 11.5 Å². The summed E-state index contributed by atoms with van der Waals surface area (Å²) in [5.74, 6) is 0.339. The lowest BCUT2D eigenvalue weighted by Crippen LogP contribution is -2.46. The third-order valence-corrected chi connectivity index (χ3v) is 3.81. The summed E-state index contributed by atoms with van der Waals surface area (Å²) >= 11 is 0. The Morgan fingerprint density at radius 2 is 2.30 bits per heavy atom. The summed E-state index contributed by atoms with van der Waals surface area (Å²) in [6.07, 6.45) is 2.50. The van der Waals surface area contributed by atoms with Crippen LogP contribution >= 0.6 is 0 Å². The van der Waals surface area contributed by atoms with E-state index in [1.165, 1.54) is 0 Å². The highest BCUT2D eigenvalue weighted by Gasteiger charge is 2.42. The molecule has 3 heterocycles. The van der Waals surface area contributed by atoms with Crippen molar-refractivity contribution in [3.63, 3.8) is 0 Å². The van der Waals surface area contributed by atoms with Crippen molar-refractivity contribution < 1.29 is 14.2 Å². The molecule has 1 spiro atoms. The zero-order chi connectivity index (χ0) is 14.2. The van der Waals surface area contributed by atoms with E-state index in [1.54, 1.807) is 13.8 Å². The predicted octanol–water partition coefficient (Wildman–Crippen LogP) is 1.13. The molecule has 1 aromatic heterocycles. The maximum atomic E-state index is 12.2. The molecular weight excluding hydrogens is 260 g/mol. The summed E-state index contributed by atoms with van der Waals surface area (Å²) in [5, 5.41) is 13.9. The molecule has 0 bridgehead atoms.